The van der Waals surface area contributed by atoms with Crippen molar-refractivity contribution in [3.63, 3.8) is 0 Å². The summed E-state index contributed by atoms with van der Waals surface area (Å²) in [6, 6.07) is 8.54. The first-order valence-corrected chi connectivity index (χ1v) is 7.51. The summed E-state index contributed by atoms with van der Waals surface area (Å²) in [6.07, 6.45) is 5.66. The molecule has 3 heteroatoms. The zero-order chi connectivity index (χ0) is 14.2. The van der Waals surface area contributed by atoms with Crippen LogP contribution in [0.4, 0.5) is 0 Å². The van der Waals surface area contributed by atoms with E-state index in [1.54, 1.807) is 0 Å². The molecule has 0 spiro atoms. The van der Waals surface area contributed by atoms with E-state index in [1.165, 1.54) is 16.7 Å². The molecule has 2 N–H and O–H groups in total. The molecule has 0 radical (unpaired) electrons. The van der Waals surface area contributed by atoms with Gasteiger partial charge in [-0.05, 0) is 36.9 Å². The van der Waals surface area contributed by atoms with Gasteiger partial charge >= 0.3 is 0 Å². The summed E-state index contributed by atoms with van der Waals surface area (Å²) < 4.78 is 0. The number of aryl methyl sites for hydroxylation is 2. The van der Waals surface area contributed by atoms with Crippen molar-refractivity contribution in [3.8, 4) is 0 Å². The molecule has 1 aromatic carbocycles. The van der Waals surface area contributed by atoms with Gasteiger partial charge in [-0.1, -0.05) is 42.8 Å². The van der Waals surface area contributed by atoms with Crippen molar-refractivity contribution in [1.29, 1.82) is 0 Å². The summed E-state index contributed by atoms with van der Waals surface area (Å²) in [5.74, 6) is 0.143. The lowest BCUT2D eigenvalue weighted by molar-refractivity contribution is -0.120. The molecular weight excluding hydrogens is 248 g/mol. The number of amides is 1. The predicted octanol–water partition coefficient (Wildman–Crippen LogP) is 2.22. The molecule has 1 amide bonds. The van der Waals surface area contributed by atoms with E-state index in [-0.39, 0.29) is 5.91 Å². The van der Waals surface area contributed by atoms with E-state index in [9.17, 15) is 4.79 Å². The van der Waals surface area contributed by atoms with Crippen molar-refractivity contribution in [2.75, 3.05) is 19.6 Å². The first-order chi connectivity index (χ1) is 9.78. The average Bonchev–Trinajstić information content (AvgIpc) is 2.52. The second kappa shape index (κ2) is 7.85. The van der Waals surface area contributed by atoms with Crippen LogP contribution in [-0.4, -0.2) is 25.5 Å². The standard InChI is InChI=1S/C17H24N2O/c1-2-14-3-5-15(6-4-14)7-8-17(20)19-13-16-9-11-18-12-10-16/h3-6,9,18H,2,7-8,10-13H2,1H3,(H,19,20). The number of hydrogen-bond acceptors (Lipinski definition) is 2. The number of carbonyl (C=O) groups excluding carboxylic acids is 1. The van der Waals surface area contributed by atoms with Crippen LogP contribution in [0, 0.1) is 0 Å². The van der Waals surface area contributed by atoms with Crippen molar-refractivity contribution in [3.05, 3.63) is 47.0 Å². The Hall–Kier alpha value is -1.61. The monoisotopic (exact) mass is 272 g/mol. The van der Waals surface area contributed by atoms with E-state index in [1.807, 2.05) is 0 Å². The molecule has 108 valence electrons. The highest BCUT2D eigenvalue weighted by atomic mass is 16.1. The van der Waals surface area contributed by atoms with Crippen LogP contribution >= 0.6 is 0 Å². The fraction of sp³-hybridized carbons (Fsp3) is 0.471. The van der Waals surface area contributed by atoms with Crippen LogP contribution in [0.3, 0.4) is 0 Å². The predicted molar refractivity (Wildman–Crippen MR) is 82.7 cm³/mol. The molecule has 1 aliphatic heterocycles. The molecule has 0 fully saturated rings. The maximum atomic E-state index is 11.8. The van der Waals surface area contributed by atoms with Crippen molar-refractivity contribution >= 4 is 5.91 Å². The topological polar surface area (TPSA) is 41.1 Å². The Morgan fingerprint density at radius 1 is 1.25 bits per heavy atom. The quantitative estimate of drug-likeness (QED) is 0.780. The molecule has 0 saturated carbocycles. The molecule has 20 heavy (non-hydrogen) atoms. The first kappa shape index (κ1) is 14.8. The van der Waals surface area contributed by atoms with Gasteiger partial charge in [-0.3, -0.25) is 4.79 Å². The summed E-state index contributed by atoms with van der Waals surface area (Å²) in [7, 11) is 0. The average molecular weight is 272 g/mol. The molecular formula is C17H24N2O. The highest BCUT2D eigenvalue weighted by molar-refractivity contribution is 5.76. The van der Waals surface area contributed by atoms with Crippen molar-refractivity contribution in [1.82, 2.24) is 10.6 Å². The molecule has 0 aliphatic carbocycles. The van der Waals surface area contributed by atoms with Crippen LogP contribution < -0.4 is 10.6 Å². The van der Waals surface area contributed by atoms with Gasteiger partial charge in [-0.25, -0.2) is 0 Å². The number of hydrogen-bond donors (Lipinski definition) is 2. The summed E-state index contributed by atoms with van der Waals surface area (Å²) >= 11 is 0. The SMILES string of the molecule is CCc1ccc(CCC(=O)NCC2=CCNCC2)cc1. The Bertz CT molecular complexity index is 462. The molecule has 3 nitrogen and oxygen atoms in total. The van der Waals surface area contributed by atoms with Crippen LogP contribution in [-0.2, 0) is 17.6 Å². The van der Waals surface area contributed by atoms with Crippen LogP contribution in [0.15, 0.2) is 35.9 Å². The van der Waals surface area contributed by atoms with E-state index >= 15 is 0 Å². The van der Waals surface area contributed by atoms with Gasteiger partial charge in [0.25, 0.3) is 0 Å². The Kier molecular flexibility index (Phi) is 5.81. The Labute approximate surface area is 121 Å². The van der Waals surface area contributed by atoms with Crippen LogP contribution in [0.1, 0.15) is 30.9 Å². The van der Waals surface area contributed by atoms with Crippen LogP contribution in [0.2, 0.25) is 0 Å². The molecule has 0 saturated heterocycles. The van der Waals surface area contributed by atoms with Gasteiger partial charge in [-0.2, -0.15) is 0 Å². The fourth-order valence-electron chi connectivity index (χ4n) is 2.33. The lowest BCUT2D eigenvalue weighted by Gasteiger charge is -2.14. The maximum absolute atomic E-state index is 11.8. The summed E-state index contributed by atoms with van der Waals surface area (Å²) in [5, 5.41) is 6.28. The second-order valence-corrected chi connectivity index (χ2v) is 5.26. The van der Waals surface area contributed by atoms with E-state index in [2.05, 4.69) is 47.9 Å². The molecule has 1 aromatic rings. The third-order valence-electron chi connectivity index (χ3n) is 3.74. The smallest absolute Gasteiger partial charge is 0.220 e. The zero-order valence-electron chi connectivity index (χ0n) is 12.2. The van der Waals surface area contributed by atoms with E-state index < -0.39 is 0 Å². The van der Waals surface area contributed by atoms with Gasteiger partial charge in [0, 0.05) is 19.5 Å². The Balaban J connectivity index is 1.70. The van der Waals surface area contributed by atoms with E-state index in [0.29, 0.717) is 13.0 Å². The summed E-state index contributed by atoms with van der Waals surface area (Å²) in [5.41, 5.74) is 3.92. The highest BCUT2D eigenvalue weighted by Gasteiger charge is 2.06. The molecule has 2 rings (SSSR count). The normalized spacial score (nSPS) is 14.8. The minimum Gasteiger partial charge on any atom is -0.352 e. The molecule has 0 unspecified atom stereocenters. The second-order valence-electron chi connectivity index (χ2n) is 5.26. The van der Waals surface area contributed by atoms with E-state index in [4.69, 9.17) is 0 Å². The third kappa shape index (κ3) is 4.82. The molecule has 0 aromatic heterocycles. The fourth-order valence-corrected chi connectivity index (χ4v) is 2.33. The maximum Gasteiger partial charge on any atom is 0.220 e. The van der Waals surface area contributed by atoms with Crippen molar-refractivity contribution < 1.29 is 4.79 Å². The van der Waals surface area contributed by atoms with Gasteiger partial charge in [0.1, 0.15) is 0 Å². The van der Waals surface area contributed by atoms with Gasteiger partial charge in [0.2, 0.25) is 5.91 Å². The summed E-state index contributed by atoms with van der Waals surface area (Å²) in [4.78, 5) is 11.8. The lowest BCUT2D eigenvalue weighted by atomic mass is 10.1. The van der Waals surface area contributed by atoms with E-state index in [0.717, 1.165) is 32.4 Å². The van der Waals surface area contributed by atoms with Crippen molar-refractivity contribution in [2.45, 2.75) is 32.6 Å². The first-order valence-electron chi connectivity index (χ1n) is 7.51. The number of rotatable bonds is 6. The van der Waals surface area contributed by atoms with Crippen LogP contribution in [0.25, 0.3) is 0 Å². The van der Waals surface area contributed by atoms with Gasteiger partial charge in [-0.15, -0.1) is 0 Å². The Morgan fingerprint density at radius 3 is 2.65 bits per heavy atom. The van der Waals surface area contributed by atoms with Gasteiger partial charge in [0.05, 0.1) is 0 Å². The highest BCUT2D eigenvalue weighted by Crippen LogP contribution is 2.07. The molecule has 0 atom stereocenters. The number of carbonyl (C=O) groups is 1. The van der Waals surface area contributed by atoms with Crippen molar-refractivity contribution in [2.24, 2.45) is 0 Å². The minimum atomic E-state index is 0.143. The van der Waals surface area contributed by atoms with Crippen LogP contribution in [0.5, 0.6) is 0 Å². The molecule has 1 heterocycles. The minimum absolute atomic E-state index is 0.143. The molecule has 0 bridgehead atoms. The Morgan fingerprint density at radius 2 is 2.00 bits per heavy atom. The zero-order valence-corrected chi connectivity index (χ0v) is 12.2. The van der Waals surface area contributed by atoms with Gasteiger partial charge in [0.15, 0.2) is 0 Å². The summed E-state index contributed by atoms with van der Waals surface area (Å²) in [6.45, 7) is 4.80. The lowest BCUT2D eigenvalue weighted by Crippen LogP contribution is -2.29. The largest absolute Gasteiger partial charge is 0.352 e. The third-order valence-corrected chi connectivity index (χ3v) is 3.74. The molecule has 1 aliphatic rings. The number of nitrogens with one attached hydrogen (secondary N) is 2. The number of benzene rings is 1. The van der Waals surface area contributed by atoms with Gasteiger partial charge < -0.3 is 10.6 Å².